The van der Waals surface area contributed by atoms with Crippen LogP contribution in [0.15, 0.2) is 66.4 Å². The van der Waals surface area contributed by atoms with E-state index in [2.05, 4.69) is 16.1 Å². The van der Waals surface area contributed by atoms with Crippen LogP contribution in [0.1, 0.15) is 5.56 Å². The van der Waals surface area contributed by atoms with Gasteiger partial charge in [0.1, 0.15) is 17.5 Å². The summed E-state index contributed by atoms with van der Waals surface area (Å²) in [5.41, 5.74) is 2.79. The molecule has 1 aliphatic rings. The monoisotopic (exact) mass is 415 g/mol. The van der Waals surface area contributed by atoms with Crippen molar-refractivity contribution in [2.75, 3.05) is 33.2 Å². The van der Waals surface area contributed by atoms with Gasteiger partial charge in [0, 0.05) is 43.5 Å². The van der Waals surface area contributed by atoms with Gasteiger partial charge in [-0.2, -0.15) is 10.4 Å². The number of piperazine rings is 1. The molecule has 0 unspecified atom stereocenters. The van der Waals surface area contributed by atoms with Crippen LogP contribution in [0.4, 0.5) is 4.39 Å². The van der Waals surface area contributed by atoms with Gasteiger partial charge in [0.2, 0.25) is 0 Å². The summed E-state index contributed by atoms with van der Waals surface area (Å²) in [6.45, 7) is 2.72. The van der Waals surface area contributed by atoms with Crippen LogP contribution in [0, 0.1) is 17.1 Å². The number of benzene rings is 2. The molecular formula is C24H22FN5O. The Kier molecular flexibility index (Phi) is 5.92. The number of likely N-dealkylation sites (N-methyl/N-ethyl adjacent to an activating group) is 1. The second-order valence-electron chi connectivity index (χ2n) is 7.49. The van der Waals surface area contributed by atoms with Crippen LogP contribution in [-0.2, 0) is 4.79 Å². The average Bonchev–Trinajstić information content (AvgIpc) is 3.22. The highest BCUT2D eigenvalue weighted by atomic mass is 19.1. The lowest BCUT2D eigenvalue weighted by Gasteiger charge is -2.32. The standard InChI is InChI=1S/C24H22FN5O/c1-28-11-13-29(14-12-28)24(31)19(16-26)15-20-17-30(22-5-3-2-4-6-22)27-23(20)18-7-9-21(25)10-8-18/h2-10,15,17H,11-14H2,1H3/b19-15+. The number of aromatic nitrogens is 2. The van der Waals surface area contributed by atoms with Gasteiger partial charge in [-0.1, -0.05) is 18.2 Å². The van der Waals surface area contributed by atoms with Crippen molar-refractivity contribution >= 4 is 12.0 Å². The molecule has 0 radical (unpaired) electrons. The van der Waals surface area contributed by atoms with Crippen molar-refractivity contribution in [3.05, 3.63) is 77.7 Å². The maximum absolute atomic E-state index is 13.4. The molecule has 1 amide bonds. The van der Waals surface area contributed by atoms with E-state index in [0.29, 0.717) is 29.9 Å². The van der Waals surface area contributed by atoms with E-state index in [0.717, 1.165) is 18.8 Å². The number of carbonyl (C=O) groups is 1. The Morgan fingerprint density at radius 1 is 1.06 bits per heavy atom. The van der Waals surface area contributed by atoms with Gasteiger partial charge in [-0.05, 0) is 49.5 Å². The Labute approximate surface area is 180 Å². The average molecular weight is 415 g/mol. The zero-order valence-corrected chi connectivity index (χ0v) is 17.2. The number of nitriles is 1. The van der Waals surface area contributed by atoms with Gasteiger partial charge >= 0.3 is 0 Å². The van der Waals surface area contributed by atoms with E-state index in [-0.39, 0.29) is 17.3 Å². The number of rotatable bonds is 4. The van der Waals surface area contributed by atoms with Crippen molar-refractivity contribution in [3.63, 3.8) is 0 Å². The molecule has 1 saturated heterocycles. The van der Waals surface area contributed by atoms with Crippen LogP contribution in [0.5, 0.6) is 0 Å². The van der Waals surface area contributed by atoms with Crippen molar-refractivity contribution in [2.45, 2.75) is 0 Å². The topological polar surface area (TPSA) is 65.2 Å². The van der Waals surface area contributed by atoms with Crippen LogP contribution in [0.3, 0.4) is 0 Å². The normalized spacial score (nSPS) is 15.0. The largest absolute Gasteiger partial charge is 0.335 e. The molecule has 6 nitrogen and oxygen atoms in total. The number of nitrogens with zero attached hydrogens (tertiary/aromatic N) is 5. The first-order valence-corrected chi connectivity index (χ1v) is 10.1. The van der Waals surface area contributed by atoms with E-state index < -0.39 is 0 Å². The maximum atomic E-state index is 13.4. The third-order valence-electron chi connectivity index (χ3n) is 5.32. The lowest BCUT2D eigenvalue weighted by atomic mass is 10.1. The second kappa shape index (κ2) is 8.94. The smallest absolute Gasteiger partial charge is 0.264 e. The summed E-state index contributed by atoms with van der Waals surface area (Å²) in [6, 6.07) is 17.6. The van der Waals surface area contributed by atoms with Gasteiger partial charge < -0.3 is 9.80 Å². The molecule has 4 rings (SSSR count). The van der Waals surface area contributed by atoms with Gasteiger partial charge in [0.05, 0.1) is 11.4 Å². The van der Waals surface area contributed by atoms with E-state index >= 15 is 0 Å². The van der Waals surface area contributed by atoms with Crippen LogP contribution in [0.25, 0.3) is 23.0 Å². The molecule has 1 fully saturated rings. The molecule has 31 heavy (non-hydrogen) atoms. The van der Waals surface area contributed by atoms with Crippen molar-refractivity contribution in [3.8, 4) is 23.0 Å². The molecule has 2 aromatic carbocycles. The fourth-order valence-electron chi connectivity index (χ4n) is 3.52. The summed E-state index contributed by atoms with van der Waals surface area (Å²) in [5, 5.41) is 14.4. The fourth-order valence-corrected chi connectivity index (χ4v) is 3.52. The molecule has 0 spiro atoms. The number of hydrogen-bond donors (Lipinski definition) is 0. The lowest BCUT2D eigenvalue weighted by molar-refractivity contribution is -0.128. The van der Waals surface area contributed by atoms with Crippen molar-refractivity contribution in [1.82, 2.24) is 19.6 Å². The first-order chi connectivity index (χ1) is 15.0. The van der Waals surface area contributed by atoms with Gasteiger partial charge in [-0.15, -0.1) is 0 Å². The molecule has 0 bridgehead atoms. The van der Waals surface area contributed by atoms with Crippen molar-refractivity contribution in [2.24, 2.45) is 0 Å². The molecule has 0 N–H and O–H groups in total. The van der Waals surface area contributed by atoms with Crippen molar-refractivity contribution < 1.29 is 9.18 Å². The molecule has 0 atom stereocenters. The molecule has 0 saturated carbocycles. The van der Waals surface area contributed by atoms with Crippen molar-refractivity contribution in [1.29, 1.82) is 5.26 Å². The van der Waals surface area contributed by atoms with Gasteiger partial charge in [0.25, 0.3) is 5.91 Å². The van der Waals surface area contributed by atoms with Crippen LogP contribution >= 0.6 is 0 Å². The highest BCUT2D eigenvalue weighted by Gasteiger charge is 2.23. The molecule has 1 aromatic heterocycles. The van der Waals surface area contributed by atoms with E-state index in [1.165, 1.54) is 12.1 Å². The SMILES string of the molecule is CN1CCN(C(=O)/C(C#N)=C/c2cn(-c3ccccc3)nc2-c2ccc(F)cc2)CC1. The zero-order valence-electron chi connectivity index (χ0n) is 17.2. The molecule has 2 heterocycles. The molecule has 0 aliphatic carbocycles. The summed E-state index contributed by atoms with van der Waals surface area (Å²) < 4.78 is 15.1. The zero-order chi connectivity index (χ0) is 21.8. The summed E-state index contributed by atoms with van der Waals surface area (Å²) >= 11 is 0. The number of carbonyl (C=O) groups excluding carboxylic acids is 1. The Morgan fingerprint density at radius 2 is 1.74 bits per heavy atom. The first kappa shape index (κ1) is 20.5. The van der Waals surface area contributed by atoms with Crippen LogP contribution in [-0.4, -0.2) is 58.7 Å². The minimum atomic E-state index is -0.341. The maximum Gasteiger partial charge on any atom is 0.264 e. The number of para-hydroxylation sites is 1. The number of hydrogen-bond acceptors (Lipinski definition) is 4. The van der Waals surface area contributed by atoms with E-state index in [1.54, 1.807) is 34.0 Å². The van der Waals surface area contributed by atoms with Crippen LogP contribution < -0.4 is 0 Å². The molecular weight excluding hydrogens is 393 g/mol. The Balaban J connectivity index is 1.74. The molecule has 1 aliphatic heterocycles. The van der Waals surface area contributed by atoms with Gasteiger partial charge in [-0.3, -0.25) is 4.79 Å². The minimum absolute atomic E-state index is 0.0560. The Hall–Kier alpha value is -3.76. The van der Waals surface area contributed by atoms with Gasteiger partial charge in [-0.25, -0.2) is 9.07 Å². The quantitative estimate of drug-likeness (QED) is 0.484. The van der Waals surface area contributed by atoms with E-state index in [1.807, 2.05) is 37.4 Å². The molecule has 7 heteroatoms. The summed E-state index contributed by atoms with van der Waals surface area (Å²) in [7, 11) is 2.01. The van der Waals surface area contributed by atoms with Crippen LogP contribution in [0.2, 0.25) is 0 Å². The first-order valence-electron chi connectivity index (χ1n) is 10.1. The number of amides is 1. The fraction of sp³-hybridized carbons (Fsp3) is 0.208. The third kappa shape index (κ3) is 4.55. The minimum Gasteiger partial charge on any atom is -0.335 e. The predicted octanol–water partition coefficient (Wildman–Crippen LogP) is 3.36. The number of halogens is 1. The van der Waals surface area contributed by atoms with Gasteiger partial charge in [0.15, 0.2) is 0 Å². The predicted molar refractivity (Wildman–Crippen MR) is 117 cm³/mol. The summed E-state index contributed by atoms with van der Waals surface area (Å²) in [6.07, 6.45) is 3.36. The van der Waals surface area contributed by atoms with E-state index in [4.69, 9.17) is 0 Å². The molecule has 156 valence electrons. The highest BCUT2D eigenvalue weighted by molar-refractivity contribution is 6.02. The van der Waals surface area contributed by atoms with E-state index in [9.17, 15) is 14.4 Å². The Bertz CT molecular complexity index is 1140. The summed E-state index contributed by atoms with van der Waals surface area (Å²) in [5.74, 6) is -0.626. The Morgan fingerprint density at radius 3 is 2.39 bits per heavy atom. The second-order valence-corrected chi connectivity index (χ2v) is 7.49. The summed E-state index contributed by atoms with van der Waals surface area (Å²) in [4.78, 5) is 16.8. The third-order valence-corrected chi connectivity index (χ3v) is 5.32. The highest BCUT2D eigenvalue weighted by Crippen LogP contribution is 2.26. The lowest BCUT2D eigenvalue weighted by Crippen LogP contribution is -2.47. The molecule has 3 aromatic rings.